The van der Waals surface area contributed by atoms with Gasteiger partial charge in [0.05, 0.1) is 6.20 Å². The highest BCUT2D eigenvalue weighted by atomic mass is 15.3. The zero-order chi connectivity index (χ0) is 15.5. The summed E-state index contributed by atoms with van der Waals surface area (Å²) >= 11 is 0. The fourth-order valence-electron chi connectivity index (χ4n) is 2.53. The highest BCUT2D eigenvalue weighted by molar-refractivity contribution is 5.66. The molecule has 1 aromatic carbocycles. The second-order valence-electron chi connectivity index (χ2n) is 5.05. The molecule has 0 aliphatic carbocycles. The topological polar surface area (TPSA) is 68.0 Å². The van der Waals surface area contributed by atoms with E-state index in [-0.39, 0.29) is 0 Å². The van der Waals surface area contributed by atoms with E-state index in [1.807, 2.05) is 30.5 Å². The smallest absolute Gasteiger partial charge is 0.227 e. The average molecular weight is 302 g/mol. The lowest BCUT2D eigenvalue weighted by Gasteiger charge is -2.11. The molecule has 6 heteroatoms. The third kappa shape index (κ3) is 2.62. The molecule has 0 bridgehead atoms. The van der Waals surface area contributed by atoms with Crippen LogP contribution in [0.15, 0.2) is 67.4 Å². The fraction of sp³-hybridized carbons (Fsp3) is 0.0588. The van der Waals surface area contributed by atoms with Crippen LogP contribution in [0.3, 0.4) is 0 Å². The van der Waals surface area contributed by atoms with Crippen molar-refractivity contribution in [3.05, 3.63) is 72.9 Å². The number of aromatic nitrogens is 5. The lowest BCUT2D eigenvalue weighted by atomic mass is 10.0. The molecule has 0 unspecified atom stereocenters. The Hall–Kier alpha value is -3.28. The third-order valence-electron chi connectivity index (χ3n) is 3.62. The zero-order valence-corrected chi connectivity index (χ0v) is 12.3. The first kappa shape index (κ1) is 13.4. The summed E-state index contributed by atoms with van der Waals surface area (Å²) in [5.41, 5.74) is 4.18. The summed E-state index contributed by atoms with van der Waals surface area (Å²) in [6.45, 7) is 0.636. The van der Waals surface area contributed by atoms with Gasteiger partial charge in [0.1, 0.15) is 6.33 Å². The molecule has 0 amide bonds. The van der Waals surface area contributed by atoms with Crippen molar-refractivity contribution in [2.45, 2.75) is 6.54 Å². The van der Waals surface area contributed by atoms with Crippen LogP contribution in [0.1, 0.15) is 5.56 Å². The predicted octanol–water partition coefficient (Wildman–Crippen LogP) is 2.80. The van der Waals surface area contributed by atoms with Crippen molar-refractivity contribution >= 4 is 11.6 Å². The lowest BCUT2D eigenvalue weighted by Crippen LogP contribution is -2.08. The highest BCUT2D eigenvalue weighted by Crippen LogP contribution is 2.23. The van der Waals surface area contributed by atoms with E-state index in [0.29, 0.717) is 12.5 Å². The molecule has 4 rings (SSSR count). The van der Waals surface area contributed by atoms with Crippen molar-refractivity contribution in [2.24, 2.45) is 0 Å². The summed E-state index contributed by atoms with van der Waals surface area (Å²) < 4.78 is 1.69. The van der Waals surface area contributed by atoms with E-state index < -0.39 is 0 Å². The van der Waals surface area contributed by atoms with Crippen LogP contribution in [-0.2, 0) is 6.54 Å². The third-order valence-corrected chi connectivity index (χ3v) is 3.62. The van der Waals surface area contributed by atoms with Gasteiger partial charge < -0.3 is 5.32 Å². The summed E-state index contributed by atoms with van der Waals surface area (Å²) in [4.78, 5) is 12.6. The van der Waals surface area contributed by atoms with E-state index in [1.54, 1.807) is 16.9 Å². The summed E-state index contributed by atoms with van der Waals surface area (Å²) in [5, 5.41) is 7.56. The Labute approximate surface area is 132 Å². The molecule has 1 N–H and O–H groups in total. The average Bonchev–Trinajstić information content (AvgIpc) is 3.10. The first-order valence-electron chi connectivity index (χ1n) is 7.29. The maximum absolute atomic E-state index is 4.26. The van der Waals surface area contributed by atoms with Crippen LogP contribution in [0.4, 0.5) is 5.95 Å². The number of fused-ring (bicyclic) bond motifs is 1. The molecule has 6 nitrogen and oxygen atoms in total. The molecule has 23 heavy (non-hydrogen) atoms. The molecule has 0 spiro atoms. The minimum Gasteiger partial charge on any atom is -0.350 e. The molecule has 0 fully saturated rings. The molecular formula is C17H14N6. The Bertz CT molecular complexity index is 932. The van der Waals surface area contributed by atoms with Crippen LogP contribution in [0.5, 0.6) is 0 Å². The van der Waals surface area contributed by atoms with E-state index in [0.717, 1.165) is 16.8 Å². The van der Waals surface area contributed by atoms with Gasteiger partial charge in [-0.05, 0) is 17.2 Å². The Kier molecular flexibility index (Phi) is 3.40. The number of rotatable bonds is 4. The van der Waals surface area contributed by atoms with Crippen molar-refractivity contribution in [1.82, 2.24) is 24.6 Å². The fourth-order valence-corrected chi connectivity index (χ4v) is 2.53. The first-order chi connectivity index (χ1) is 11.4. The molecule has 4 aromatic rings. The highest BCUT2D eigenvalue weighted by Gasteiger charge is 2.07. The van der Waals surface area contributed by atoms with Gasteiger partial charge in [0.25, 0.3) is 0 Å². The summed E-state index contributed by atoms with van der Waals surface area (Å²) in [5.74, 6) is 0.668. The number of nitrogens with zero attached hydrogens (tertiary/aromatic N) is 5. The van der Waals surface area contributed by atoms with Crippen LogP contribution in [0.25, 0.3) is 16.8 Å². The van der Waals surface area contributed by atoms with Gasteiger partial charge in [-0.2, -0.15) is 9.61 Å². The molecule has 0 saturated carbocycles. The SMILES string of the molecule is c1cncc(-c2ccccc2CNc2ncnc3ccnn23)c1. The van der Waals surface area contributed by atoms with Crippen LogP contribution >= 0.6 is 0 Å². The predicted molar refractivity (Wildman–Crippen MR) is 87.8 cm³/mol. The van der Waals surface area contributed by atoms with Crippen molar-refractivity contribution in [3.8, 4) is 11.1 Å². The van der Waals surface area contributed by atoms with Gasteiger partial charge in [-0.3, -0.25) is 4.98 Å². The normalized spacial score (nSPS) is 10.8. The molecule has 3 aromatic heterocycles. The molecule has 3 heterocycles. The van der Waals surface area contributed by atoms with Crippen molar-refractivity contribution < 1.29 is 0 Å². The Morgan fingerprint density at radius 3 is 2.83 bits per heavy atom. The maximum Gasteiger partial charge on any atom is 0.227 e. The van der Waals surface area contributed by atoms with Crippen LogP contribution in [0.2, 0.25) is 0 Å². The maximum atomic E-state index is 4.26. The van der Waals surface area contributed by atoms with Crippen molar-refractivity contribution in [1.29, 1.82) is 0 Å². The summed E-state index contributed by atoms with van der Waals surface area (Å²) in [6.07, 6.45) is 6.89. The minimum atomic E-state index is 0.636. The first-order valence-corrected chi connectivity index (χ1v) is 7.29. The number of hydrogen-bond donors (Lipinski definition) is 1. The standard InChI is InChI=1S/C17H14N6/c1-2-6-15(13-5-3-8-18-10-13)14(4-1)11-19-17-21-12-20-16-7-9-22-23(16)17/h1-10,12H,11H2,(H,19,20,21). The van der Waals surface area contributed by atoms with Crippen molar-refractivity contribution in [2.75, 3.05) is 5.32 Å². The van der Waals surface area contributed by atoms with Gasteiger partial charge in [-0.15, -0.1) is 0 Å². The van der Waals surface area contributed by atoms with E-state index >= 15 is 0 Å². The van der Waals surface area contributed by atoms with Crippen LogP contribution in [-0.4, -0.2) is 24.6 Å². The second-order valence-corrected chi connectivity index (χ2v) is 5.05. The van der Waals surface area contributed by atoms with Gasteiger partial charge >= 0.3 is 0 Å². The number of pyridine rings is 1. The Morgan fingerprint density at radius 2 is 1.91 bits per heavy atom. The zero-order valence-electron chi connectivity index (χ0n) is 12.3. The second kappa shape index (κ2) is 5.84. The number of benzene rings is 1. The van der Waals surface area contributed by atoms with Crippen molar-refractivity contribution in [3.63, 3.8) is 0 Å². The largest absolute Gasteiger partial charge is 0.350 e. The molecule has 0 radical (unpaired) electrons. The van der Waals surface area contributed by atoms with Crippen LogP contribution < -0.4 is 5.32 Å². The molecular weight excluding hydrogens is 288 g/mol. The van der Waals surface area contributed by atoms with E-state index in [9.17, 15) is 0 Å². The molecule has 0 aliphatic rings. The molecule has 112 valence electrons. The lowest BCUT2D eigenvalue weighted by molar-refractivity contribution is 0.881. The van der Waals surface area contributed by atoms with E-state index in [4.69, 9.17) is 0 Å². The van der Waals surface area contributed by atoms with E-state index in [1.165, 1.54) is 11.9 Å². The molecule has 0 atom stereocenters. The van der Waals surface area contributed by atoms with Gasteiger partial charge in [-0.1, -0.05) is 30.3 Å². The van der Waals surface area contributed by atoms with E-state index in [2.05, 4.69) is 43.6 Å². The quantitative estimate of drug-likeness (QED) is 0.628. The van der Waals surface area contributed by atoms with Crippen LogP contribution in [0, 0.1) is 0 Å². The Balaban J connectivity index is 1.64. The number of anilines is 1. The minimum absolute atomic E-state index is 0.636. The molecule has 0 saturated heterocycles. The summed E-state index contributed by atoms with van der Waals surface area (Å²) in [6, 6.07) is 14.1. The number of hydrogen-bond acceptors (Lipinski definition) is 5. The Morgan fingerprint density at radius 1 is 0.957 bits per heavy atom. The molecule has 0 aliphatic heterocycles. The summed E-state index contributed by atoms with van der Waals surface area (Å²) in [7, 11) is 0. The number of nitrogens with one attached hydrogen (secondary N) is 1. The van der Waals surface area contributed by atoms with Gasteiger partial charge in [0, 0.05) is 30.6 Å². The monoisotopic (exact) mass is 302 g/mol. The van der Waals surface area contributed by atoms with Gasteiger partial charge in [0.15, 0.2) is 5.65 Å². The van der Waals surface area contributed by atoms with Gasteiger partial charge in [-0.25, -0.2) is 9.97 Å². The van der Waals surface area contributed by atoms with Gasteiger partial charge in [0.2, 0.25) is 5.95 Å².